The summed E-state index contributed by atoms with van der Waals surface area (Å²) in [7, 11) is 0. The number of rotatable bonds is 3. The van der Waals surface area contributed by atoms with Crippen molar-refractivity contribution in [3.63, 3.8) is 0 Å². The second kappa shape index (κ2) is 4.31. The number of carbonyl (C=O) groups is 2. The molecular weight excluding hydrogens is 186 g/mol. The Balaban J connectivity index is 2.64. The minimum absolute atomic E-state index is 0.0411. The summed E-state index contributed by atoms with van der Waals surface area (Å²) < 4.78 is 0. The van der Waals surface area contributed by atoms with Crippen LogP contribution >= 0.6 is 0 Å². The third kappa shape index (κ3) is 2.51. The largest absolute Gasteiger partial charge is 0.480 e. The molecule has 0 aliphatic carbocycles. The van der Waals surface area contributed by atoms with Crippen LogP contribution in [0.5, 0.6) is 0 Å². The number of carboxylic acids is 1. The lowest BCUT2D eigenvalue weighted by Gasteiger charge is -2.07. The highest BCUT2D eigenvalue weighted by molar-refractivity contribution is 5.93. The van der Waals surface area contributed by atoms with E-state index in [1.807, 2.05) is 0 Å². The van der Waals surface area contributed by atoms with Gasteiger partial charge >= 0.3 is 5.97 Å². The van der Waals surface area contributed by atoms with E-state index in [0.29, 0.717) is 0 Å². The van der Waals surface area contributed by atoms with Crippen molar-refractivity contribution in [2.75, 3.05) is 0 Å². The molecule has 0 saturated carbocycles. The molecule has 0 spiro atoms. The van der Waals surface area contributed by atoms with Crippen LogP contribution in [0.4, 0.5) is 0 Å². The monoisotopic (exact) mass is 195 g/mol. The first-order valence-electron chi connectivity index (χ1n) is 3.92. The van der Waals surface area contributed by atoms with Gasteiger partial charge in [0.1, 0.15) is 6.04 Å². The van der Waals surface area contributed by atoms with Gasteiger partial charge in [-0.05, 0) is 13.0 Å². The van der Waals surface area contributed by atoms with E-state index >= 15 is 0 Å². The quantitative estimate of drug-likeness (QED) is 0.689. The molecule has 0 saturated heterocycles. The van der Waals surface area contributed by atoms with Crippen molar-refractivity contribution >= 4 is 11.9 Å². The highest BCUT2D eigenvalue weighted by Gasteiger charge is 2.16. The Morgan fingerprint density at radius 3 is 2.50 bits per heavy atom. The third-order valence-corrected chi connectivity index (χ3v) is 1.49. The van der Waals surface area contributed by atoms with Gasteiger partial charge in [-0.25, -0.2) is 9.97 Å². The standard InChI is InChI=1S/C8H9N3O3/c1-5(8(13)14)11-7(12)6-9-3-2-4-10-6/h2-5H,1H3,(H,11,12)(H,13,14). The highest BCUT2D eigenvalue weighted by atomic mass is 16.4. The van der Waals surface area contributed by atoms with E-state index in [0.717, 1.165) is 0 Å². The van der Waals surface area contributed by atoms with E-state index in [1.165, 1.54) is 19.3 Å². The maximum atomic E-state index is 11.3. The molecule has 1 atom stereocenters. The van der Waals surface area contributed by atoms with Crippen LogP contribution in [-0.2, 0) is 4.79 Å². The Bertz CT molecular complexity index is 339. The van der Waals surface area contributed by atoms with Gasteiger partial charge in [0, 0.05) is 12.4 Å². The maximum Gasteiger partial charge on any atom is 0.325 e. The summed E-state index contributed by atoms with van der Waals surface area (Å²) >= 11 is 0. The van der Waals surface area contributed by atoms with Crippen LogP contribution in [0.1, 0.15) is 17.5 Å². The van der Waals surface area contributed by atoms with Crippen LogP contribution in [-0.4, -0.2) is 33.0 Å². The molecule has 6 nitrogen and oxygen atoms in total. The van der Waals surface area contributed by atoms with E-state index < -0.39 is 17.9 Å². The molecule has 1 rings (SSSR count). The van der Waals surface area contributed by atoms with Gasteiger partial charge in [-0.3, -0.25) is 9.59 Å². The number of aromatic nitrogens is 2. The zero-order chi connectivity index (χ0) is 10.6. The lowest BCUT2D eigenvalue weighted by molar-refractivity contribution is -0.138. The molecule has 0 aliphatic rings. The average molecular weight is 195 g/mol. The fraction of sp³-hybridized carbons (Fsp3) is 0.250. The molecule has 14 heavy (non-hydrogen) atoms. The minimum Gasteiger partial charge on any atom is -0.480 e. The molecule has 6 heteroatoms. The normalized spacial score (nSPS) is 11.8. The molecule has 1 unspecified atom stereocenters. The summed E-state index contributed by atoms with van der Waals surface area (Å²) in [6, 6.07) is 0.614. The minimum atomic E-state index is -1.10. The van der Waals surface area contributed by atoms with Gasteiger partial charge < -0.3 is 10.4 Å². The van der Waals surface area contributed by atoms with Gasteiger partial charge in [0.25, 0.3) is 5.91 Å². The van der Waals surface area contributed by atoms with E-state index in [9.17, 15) is 9.59 Å². The predicted molar refractivity (Wildman–Crippen MR) is 46.6 cm³/mol. The summed E-state index contributed by atoms with van der Waals surface area (Å²) in [5.74, 6) is -1.74. The van der Waals surface area contributed by atoms with Gasteiger partial charge in [0.15, 0.2) is 0 Å². The summed E-state index contributed by atoms with van der Waals surface area (Å²) in [5, 5.41) is 10.8. The molecule has 1 heterocycles. The van der Waals surface area contributed by atoms with Gasteiger partial charge in [0.2, 0.25) is 5.82 Å². The summed E-state index contributed by atoms with van der Waals surface area (Å²) in [5.41, 5.74) is 0. The number of hydrogen-bond donors (Lipinski definition) is 2. The Labute approximate surface area is 80.0 Å². The zero-order valence-electron chi connectivity index (χ0n) is 7.47. The van der Waals surface area contributed by atoms with Gasteiger partial charge in [-0.2, -0.15) is 0 Å². The van der Waals surface area contributed by atoms with E-state index in [2.05, 4.69) is 15.3 Å². The molecule has 74 valence electrons. The van der Waals surface area contributed by atoms with Crippen molar-refractivity contribution in [3.05, 3.63) is 24.3 Å². The van der Waals surface area contributed by atoms with Crippen molar-refractivity contribution in [2.45, 2.75) is 13.0 Å². The van der Waals surface area contributed by atoms with Crippen LogP contribution in [0, 0.1) is 0 Å². The Morgan fingerprint density at radius 1 is 1.43 bits per heavy atom. The lowest BCUT2D eigenvalue weighted by Crippen LogP contribution is -2.39. The second-order valence-corrected chi connectivity index (χ2v) is 2.61. The third-order valence-electron chi connectivity index (χ3n) is 1.49. The fourth-order valence-electron chi connectivity index (χ4n) is 0.739. The molecule has 1 aromatic rings. The number of aliphatic carboxylic acids is 1. The number of carbonyl (C=O) groups excluding carboxylic acids is 1. The van der Waals surface area contributed by atoms with Crippen LogP contribution < -0.4 is 5.32 Å². The molecule has 1 amide bonds. The van der Waals surface area contributed by atoms with E-state index in [4.69, 9.17) is 5.11 Å². The van der Waals surface area contributed by atoms with Crippen molar-refractivity contribution in [2.24, 2.45) is 0 Å². The molecule has 0 aromatic carbocycles. The topological polar surface area (TPSA) is 92.2 Å². The molecule has 2 N–H and O–H groups in total. The van der Waals surface area contributed by atoms with E-state index in [-0.39, 0.29) is 5.82 Å². The smallest absolute Gasteiger partial charge is 0.325 e. The number of carboxylic acid groups (broad SMARTS) is 1. The van der Waals surface area contributed by atoms with Crippen molar-refractivity contribution in [1.82, 2.24) is 15.3 Å². The predicted octanol–water partition coefficient (Wildman–Crippen LogP) is -0.320. The number of hydrogen-bond acceptors (Lipinski definition) is 4. The molecule has 1 aromatic heterocycles. The first kappa shape index (κ1) is 10.1. The Kier molecular flexibility index (Phi) is 3.11. The lowest BCUT2D eigenvalue weighted by atomic mass is 10.3. The van der Waals surface area contributed by atoms with Gasteiger partial charge in [0.05, 0.1) is 0 Å². The van der Waals surface area contributed by atoms with Gasteiger partial charge in [-0.1, -0.05) is 0 Å². The molecule has 0 bridgehead atoms. The molecular formula is C8H9N3O3. The molecule has 0 fully saturated rings. The van der Waals surface area contributed by atoms with Crippen molar-refractivity contribution in [3.8, 4) is 0 Å². The van der Waals surface area contributed by atoms with Crippen molar-refractivity contribution in [1.29, 1.82) is 0 Å². The summed E-state index contributed by atoms with van der Waals surface area (Å²) in [6.07, 6.45) is 2.82. The van der Waals surface area contributed by atoms with Gasteiger partial charge in [-0.15, -0.1) is 0 Å². The van der Waals surface area contributed by atoms with Crippen LogP contribution in [0.25, 0.3) is 0 Å². The number of nitrogens with zero attached hydrogens (tertiary/aromatic N) is 2. The molecule has 0 radical (unpaired) electrons. The van der Waals surface area contributed by atoms with Crippen LogP contribution in [0.3, 0.4) is 0 Å². The second-order valence-electron chi connectivity index (χ2n) is 2.61. The number of amides is 1. The van der Waals surface area contributed by atoms with Crippen LogP contribution in [0.2, 0.25) is 0 Å². The first-order chi connectivity index (χ1) is 6.61. The van der Waals surface area contributed by atoms with Crippen LogP contribution in [0.15, 0.2) is 18.5 Å². The maximum absolute atomic E-state index is 11.3. The zero-order valence-corrected chi connectivity index (χ0v) is 7.47. The molecule has 0 aliphatic heterocycles. The fourth-order valence-corrected chi connectivity index (χ4v) is 0.739. The average Bonchev–Trinajstić information content (AvgIpc) is 2.19. The number of nitrogens with one attached hydrogen (secondary N) is 1. The Hall–Kier alpha value is -1.98. The summed E-state index contributed by atoms with van der Waals surface area (Å²) in [4.78, 5) is 29.0. The van der Waals surface area contributed by atoms with Crippen molar-refractivity contribution < 1.29 is 14.7 Å². The SMILES string of the molecule is CC(NC(=O)c1ncccn1)C(=O)O. The van der Waals surface area contributed by atoms with E-state index in [1.54, 1.807) is 6.07 Å². The summed E-state index contributed by atoms with van der Waals surface area (Å²) in [6.45, 7) is 1.36. The first-order valence-corrected chi connectivity index (χ1v) is 3.92. The highest BCUT2D eigenvalue weighted by Crippen LogP contribution is 1.89. The Morgan fingerprint density at radius 2 is 2.00 bits per heavy atom.